The van der Waals surface area contributed by atoms with Gasteiger partial charge in [0.15, 0.2) is 0 Å². The standard InChI is InChI=1S/C16H26N2O4S/c1-3-9-18(10-4-2)11-5-6-13-12-14(23(17,21)22)7-8-15(13)16(19)20/h7-8,12H,3-6,9-11H2,1-2H3,(H,19,20)(H2,17,21,22). The quantitative estimate of drug-likeness (QED) is 0.678. The summed E-state index contributed by atoms with van der Waals surface area (Å²) in [6.45, 7) is 7.13. The number of hydrogen-bond donors (Lipinski definition) is 2. The van der Waals surface area contributed by atoms with Gasteiger partial charge in [-0.1, -0.05) is 13.8 Å². The minimum absolute atomic E-state index is 0.0449. The lowest BCUT2D eigenvalue weighted by molar-refractivity contribution is 0.0695. The first-order valence-electron chi connectivity index (χ1n) is 7.91. The van der Waals surface area contributed by atoms with Crippen LogP contribution in [-0.4, -0.2) is 44.0 Å². The van der Waals surface area contributed by atoms with Gasteiger partial charge < -0.3 is 10.0 Å². The Morgan fingerprint density at radius 2 is 1.78 bits per heavy atom. The number of carboxylic acid groups (broad SMARTS) is 1. The maximum absolute atomic E-state index is 11.4. The molecule has 0 radical (unpaired) electrons. The van der Waals surface area contributed by atoms with Gasteiger partial charge in [-0.3, -0.25) is 0 Å². The Labute approximate surface area is 138 Å². The van der Waals surface area contributed by atoms with E-state index in [9.17, 15) is 18.3 Å². The van der Waals surface area contributed by atoms with Crippen LogP contribution >= 0.6 is 0 Å². The van der Waals surface area contributed by atoms with Gasteiger partial charge in [-0.15, -0.1) is 0 Å². The highest BCUT2D eigenvalue weighted by molar-refractivity contribution is 7.89. The van der Waals surface area contributed by atoms with Crippen molar-refractivity contribution >= 4 is 16.0 Å². The van der Waals surface area contributed by atoms with Crippen molar-refractivity contribution in [3.63, 3.8) is 0 Å². The van der Waals surface area contributed by atoms with Gasteiger partial charge in [0.2, 0.25) is 10.0 Å². The van der Waals surface area contributed by atoms with Crippen molar-refractivity contribution in [3.05, 3.63) is 29.3 Å². The van der Waals surface area contributed by atoms with Crippen LogP contribution in [0.15, 0.2) is 23.1 Å². The monoisotopic (exact) mass is 342 g/mol. The summed E-state index contributed by atoms with van der Waals surface area (Å²) in [5.74, 6) is -1.06. The molecule has 0 aromatic heterocycles. The second-order valence-electron chi connectivity index (χ2n) is 5.61. The van der Waals surface area contributed by atoms with E-state index in [0.717, 1.165) is 38.9 Å². The van der Waals surface area contributed by atoms with Crippen LogP contribution in [0.3, 0.4) is 0 Å². The molecule has 0 saturated carbocycles. The minimum Gasteiger partial charge on any atom is -0.478 e. The number of aryl methyl sites for hydroxylation is 1. The predicted octanol–water partition coefficient (Wildman–Crippen LogP) is 2.09. The van der Waals surface area contributed by atoms with E-state index in [1.165, 1.54) is 18.2 Å². The van der Waals surface area contributed by atoms with Gasteiger partial charge in [-0.25, -0.2) is 18.4 Å². The van der Waals surface area contributed by atoms with E-state index in [1.54, 1.807) is 0 Å². The third kappa shape index (κ3) is 6.29. The minimum atomic E-state index is -3.83. The number of sulfonamides is 1. The van der Waals surface area contributed by atoms with E-state index in [0.29, 0.717) is 12.0 Å². The summed E-state index contributed by atoms with van der Waals surface area (Å²) in [7, 11) is -3.83. The zero-order valence-corrected chi connectivity index (χ0v) is 14.6. The zero-order chi connectivity index (χ0) is 17.5. The summed E-state index contributed by atoms with van der Waals surface area (Å²) in [6.07, 6.45) is 3.42. The summed E-state index contributed by atoms with van der Waals surface area (Å²) in [5, 5.41) is 14.4. The van der Waals surface area contributed by atoms with Gasteiger partial charge in [-0.2, -0.15) is 0 Å². The molecule has 1 aromatic rings. The Morgan fingerprint density at radius 3 is 2.26 bits per heavy atom. The molecule has 0 heterocycles. The third-order valence-electron chi connectivity index (χ3n) is 3.64. The van der Waals surface area contributed by atoms with Crippen molar-refractivity contribution in [1.82, 2.24) is 4.90 Å². The molecule has 0 atom stereocenters. The average molecular weight is 342 g/mol. The summed E-state index contributed by atoms with van der Waals surface area (Å²) >= 11 is 0. The largest absolute Gasteiger partial charge is 0.478 e. The molecule has 0 unspecified atom stereocenters. The molecule has 0 spiro atoms. The fourth-order valence-electron chi connectivity index (χ4n) is 2.62. The summed E-state index contributed by atoms with van der Waals surface area (Å²) in [5.41, 5.74) is 0.645. The van der Waals surface area contributed by atoms with Crippen LogP contribution in [0.1, 0.15) is 49.0 Å². The van der Waals surface area contributed by atoms with Crippen molar-refractivity contribution in [1.29, 1.82) is 0 Å². The highest BCUT2D eigenvalue weighted by Crippen LogP contribution is 2.17. The van der Waals surface area contributed by atoms with Gasteiger partial charge in [0.25, 0.3) is 0 Å². The Morgan fingerprint density at radius 1 is 1.17 bits per heavy atom. The van der Waals surface area contributed by atoms with Gasteiger partial charge in [0, 0.05) is 0 Å². The Kier molecular flexibility index (Phi) is 7.67. The first kappa shape index (κ1) is 19.6. The van der Waals surface area contributed by atoms with E-state index in [1.807, 2.05) is 0 Å². The molecule has 130 valence electrons. The zero-order valence-electron chi connectivity index (χ0n) is 13.8. The lowest BCUT2D eigenvalue weighted by Crippen LogP contribution is -2.27. The van der Waals surface area contributed by atoms with Crippen LogP contribution < -0.4 is 5.14 Å². The number of primary sulfonamides is 1. The van der Waals surface area contributed by atoms with Crippen molar-refractivity contribution in [2.24, 2.45) is 5.14 Å². The molecular weight excluding hydrogens is 316 g/mol. The van der Waals surface area contributed by atoms with E-state index in [4.69, 9.17) is 5.14 Å². The molecule has 0 aliphatic rings. The summed E-state index contributed by atoms with van der Waals surface area (Å²) in [4.78, 5) is 13.6. The van der Waals surface area contributed by atoms with Crippen LogP contribution in [0.5, 0.6) is 0 Å². The lowest BCUT2D eigenvalue weighted by atomic mass is 10.0. The van der Waals surface area contributed by atoms with Crippen LogP contribution in [0, 0.1) is 0 Å². The van der Waals surface area contributed by atoms with Crippen LogP contribution in [0.2, 0.25) is 0 Å². The molecule has 0 fully saturated rings. The second kappa shape index (κ2) is 9.00. The molecule has 0 aliphatic heterocycles. The maximum atomic E-state index is 11.4. The van der Waals surface area contributed by atoms with Gasteiger partial charge in [0.05, 0.1) is 10.5 Å². The Hall–Kier alpha value is -1.44. The lowest BCUT2D eigenvalue weighted by Gasteiger charge is -2.21. The normalized spacial score (nSPS) is 11.8. The molecular formula is C16H26N2O4S. The third-order valence-corrected chi connectivity index (χ3v) is 4.55. The topological polar surface area (TPSA) is 101 Å². The molecule has 0 saturated heterocycles. The highest BCUT2D eigenvalue weighted by Gasteiger charge is 2.15. The molecule has 0 aliphatic carbocycles. The summed E-state index contributed by atoms with van der Waals surface area (Å²) < 4.78 is 22.9. The van der Waals surface area contributed by atoms with Crippen molar-refractivity contribution in [2.45, 2.75) is 44.4 Å². The van der Waals surface area contributed by atoms with Gasteiger partial charge in [0.1, 0.15) is 0 Å². The number of carbonyl (C=O) groups is 1. The summed E-state index contributed by atoms with van der Waals surface area (Å²) in [6, 6.07) is 3.93. The van der Waals surface area contributed by atoms with E-state index < -0.39 is 16.0 Å². The van der Waals surface area contributed by atoms with E-state index in [-0.39, 0.29) is 10.5 Å². The average Bonchev–Trinajstić information content (AvgIpc) is 2.46. The van der Waals surface area contributed by atoms with Crippen LogP contribution in [-0.2, 0) is 16.4 Å². The van der Waals surface area contributed by atoms with Gasteiger partial charge >= 0.3 is 5.97 Å². The number of benzene rings is 1. The highest BCUT2D eigenvalue weighted by atomic mass is 32.2. The smallest absolute Gasteiger partial charge is 0.335 e. The molecule has 7 heteroatoms. The first-order chi connectivity index (χ1) is 10.8. The second-order valence-corrected chi connectivity index (χ2v) is 7.18. The molecule has 23 heavy (non-hydrogen) atoms. The van der Waals surface area contributed by atoms with Crippen molar-refractivity contribution in [3.8, 4) is 0 Å². The van der Waals surface area contributed by atoms with Crippen LogP contribution in [0.25, 0.3) is 0 Å². The van der Waals surface area contributed by atoms with Crippen molar-refractivity contribution in [2.75, 3.05) is 19.6 Å². The molecule has 1 rings (SSSR count). The molecule has 1 aromatic carbocycles. The van der Waals surface area contributed by atoms with Crippen molar-refractivity contribution < 1.29 is 18.3 Å². The van der Waals surface area contributed by atoms with Gasteiger partial charge in [-0.05, 0) is 69.1 Å². The number of carboxylic acids is 1. The maximum Gasteiger partial charge on any atom is 0.335 e. The fraction of sp³-hybridized carbons (Fsp3) is 0.562. The van der Waals surface area contributed by atoms with Crippen LogP contribution in [0.4, 0.5) is 0 Å². The van der Waals surface area contributed by atoms with E-state index in [2.05, 4.69) is 18.7 Å². The SMILES string of the molecule is CCCN(CCC)CCCc1cc(S(N)(=O)=O)ccc1C(=O)O. The number of nitrogens with two attached hydrogens (primary N) is 1. The number of hydrogen-bond acceptors (Lipinski definition) is 4. The fourth-order valence-corrected chi connectivity index (χ4v) is 3.19. The molecule has 6 nitrogen and oxygen atoms in total. The van der Waals surface area contributed by atoms with E-state index >= 15 is 0 Å². The number of rotatable bonds is 10. The molecule has 3 N–H and O–H groups in total. The predicted molar refractivity (Wildman–Crippen MR) is 90.1 cm³/mol. The Balaban J connectivity index is 2.86. The Bertz CT molecular complexity index is 623. The number of nitrogens with zero attached hydrogens (tertiary/aromatic N) is 1. The molecule has 0 amide bonds. The molecule has 0 bridgehead atoms. The first-order valence-corrected chi connectivity index (χ1v) is 9.45. The number of aromatic carboxylic acids is 1.